The number of pyridine rings is 8. The van der Waals surface area contributed by atoms with Crippen molar-refractivity contribution in [1.82, 2.24) is 8.47 Å². The van der Waals surface area contributed by atoms with Gasteiger partial charge in [-0.25, -0.2) is 66.5 Å². The van der Waals surface area contributed by atoms with Crippen molar-refractivity contribution in [2.24, 2.45) is 86.3 Å². The molecule has 8 aromatic carbocycles. The molecule has 14 heterocycles. The molecule has 0 aliphatic carbocycles. The van der Waals surface area contributed by atoms with Crippen molar-refractivity contribution in [2.75, 3.05) is 0 Å². The van der Waals surface area contributed by atoms with E-state index in [4.69, 9.17) is 67.8 Å². The molecule has 10 aromatic heterocycles. The van der Waals surface area contributed by atoms with Gasteiger partial charge in [-0.3, -0.25) is 8.47 Å². The Kier molecular flexibility index (Phi) is 22.7. The van der Waals surface area contributed by atoms with Crippen LogP contribution in [0.5, 0.6) is 92.0 Å². The maximum Gasteiger partial charge on any atom is 0.583 e. The number of ether oxygens (including phenoxy) is 8. The molecule has 0 N–H and O–H groups in total. The molecule has 0 spiro atoms. The quantitative estimate of drug-likeness (QED) is 0.0413. The number of hydrogen-bond acceptors (Lipinski definition) is 16. The Morgan fingerprint density at radius 1 is 0.234 bits per heavy atom. The van der Waals surface area contributed by atoms with E-state index in [1.807, 2.05) is 338 Å². The standard InChI is InChI=1S/C112H102N16O10Si3/c1-111(2,3)139(83-43-19-15-20-44-83,84-45-21-16-22-46-84)137-141(138-140(112(4,5)6,85-47-23-17-24-48-85)86-49-25-18-26-50-86)127-107-91-63-99(133-79-39-31-55-123(11)71-79)100(134-80-40-32-56-124(12)72-80)64-92(91)109(127)117-105-89-61-97(131-77-37-29-53-121(9)69-77)98(132-78-38-30-54-122(10)70-78)62-90(89)106(114-105)118-110-94-66-102(136-82-42-34-58-126(14)74-82)101(135-81-41-33-57-125(13)73-81)65-93(94)108(128(110)141)116-104-88-60-96(130-76-36-28-52-120(8)68-76)95(59-87(88)103(113-104)115-107)129-75-35-27-51-119(7)67-75/h15-74H,1-14H3/q+8. The average molecular weight is 1920 g/mol. The van der Waals surface area contributed by atoms with Gasteiger partial charge in [-0.2, -0.15) is 0 Å². The summed E-state index contributed by atoms with van der Waals surface area (Å²) in [5.74, 6) is 7.83. The monoisotopic (exact) mass is 1910 g/mol. The van der Waals surface area contributed by atoms with Crippen LogP contribution in [0.15, 0.2) is 396 Å². The van der Waals surface area contributed by atoms with Crippen LogP contribution in [-0.2, 0) is 64.6 Å². The van der Waals surface area contributed by atoms with Crippen LogP contribution >= 0.6 is 0 Å². The van der Waals surface area contributed by atoms with E-state index in [-0.39, 0.29) is 46.0 Å². The van der Waals surface area contributed by atoms with Crippen LogP contribution in [0.1, 0.15) is 63.8 Å². The van der Waals surface area contributed by atoms with Crippen molar-refractivity contribution < 1.29 is 82.7 Å². The number of aryl methyl sites for hydroxylation is 8. The molecule has 18 aromatic rings. The molecule has 4 aliphatic rings. The average Bonchev–Trinajstić information content (AvgIpc) is 1.59. The van der Waals surface area contributed by atoms with Gasteiger partial charge in [0.2, 0.25) is 49.6 Å². The smallest absolute Gasteiger partial charge is 0.447 e. The summed E-state index contributed by atoms with van der Waals surface area (Å²) in [6.45, 7) is 13.7. The number of aromatic nitrogens is 10. The zero-order valence-electron chi connectivity index (χ0n) is 80.4. The topological polar surface area (TPSA) is 207 Å². The molecule has 0 unspecified atom stereocenters. The normalized spacial score (nSPS) is 13.4. The second kappa shape index (κ2) is 35.7. The second-order valence-corrected chi connectivity index (χ2v) is 49.5. The summed E-state index contributed by atoms with van der Waals surface area (Å²) in [7, 11) is 0.769. The van der Waals surface area contributed by atoms with Crippen molar-refractivity contribution in [3.05, 3.63) is 399 Å². The van der Waals surface area contributed by atoms with Crippen LogP contribution in [0.3, 0.4) is 0 Å². The number of rotatable bonds is 24. The van der Waals surface area contributed by atoms with E-state index < -0.39 is 35.6 Å². The largest absolute Gasteiger partial charge is 0.583 e. The number of amidine groups is 4. The number of nitrogens with zero attached hydrogens (tertiary/aromatic N) is 16. The molecule has 0 saturated heterocycles. The van der Waals surface area contributed by atoms with Gasteiger partial charge in [-0.1, -0.05) is 163 Å². The maximum absolute atomic E-state index is 10.1. The van der Waals surface area contributed by atoms with E-state index in [1.165, 1.54) is 0 Å². The summed E-state index contributed by atoms with van der Waals surface area (Å²) in [6.07, 6.45) is 31.0. The highest BCUT2D eigenvalue weighted by atomic mass is 28.5. The molecule has 141 heavy (non-hydrogen) atoms. The van der Waals surface area contributed by atoms with Crippen LogP contribution in [0.2, 0.25) is 10.1 Å². The molecule has 0 amide bonds. The second-order valence-electron chi connectivity index (χ2n) is 37.8. The summed E-state index contributed by atoms with van der Waals surface area (Å²) in [5.41, 5.74) is 2.52. The van der Waals surface area contributed by atoms with Crippen LogP contribution in [0.25, 0.3) is 21.5 Å². The Labute approximate surface area is 818 Å². The molecule has 26 nitrogen and oxygen atoms in total. The van der Waals surface area contributed by atoms with Crippen molar-refractivity contribution in [2.45, 2.75) is 51.6 Å². The maximum atomic E-state index is 10.1. The van der Waals surface area contributed by atoms with Crippen LogP contribution in [0, 0.1) is 0 Å². The molecular weight excluding hydrogens is 1810 g/mol. The van der Waals surface area contributed by atoms with Crippen molar-refractivity contribution >= 4 is 103 Å². The summed E-state index contributed by atoms with van der Waals surface area (Å²) in [4.78, 5) is 37.6. The highest BCUT2D eigenvalue weighted by Gasteiger charge is 2.68. The van der Waals surface area contributed by atoms with Gasteiger partial charge in [-0.05, 0) is 128 Å². The Bertz CT molecular complexity index is 7810. The zero-order chi connectivity index (χ0) is 96.8. The summed E-state index contributed by atoms with van der Waals surface area (Å²) >= 11 is 0. The van der Waals surface area contributed by atoms with Gasteiger partial charge in [0.1, 0.15) is 79.0 Å². The number of aliphatic imine (C=N–C) groups is 4. The highest BCUT2D eigenvalue weighted by Crippen LogP contribution is 2.54. The van der Waals surface area contributed by atoms with E-state index in [9.17, 15) is 8.23 Å². The lowest BCUT2D eigenvalue weighted by molar-refractivity contribution is -0.671. The first-order chi connectivity index (χ1) is 68.2. The molecule has 694 valence electrons. The molecule has 0 fully saturated rings. The third-order valence-electron chi connectivity index (χ3n) is 25.5. The first kappa shape index (κ1) is 89.5. The van der Waals surface area contributed by atoms with Gasteiger partial charge < -0.3 is 46.1 Å². The Balaban J connectivity index is 1.02. The third kappa shape index (κ3) is 16.7. The minimum atomic E-state index is -5.94. The molecule has 6 bridgehead atoms. The fraction of sp³-hybridized carbons (Fsp3) is 0.143. The fourth-order valence-electron chi connectivity index (χ4n) is 19.2. The SMILES string of the molecule is C[n+]1cccc(Oc2cc3c(cc2Oc2ccc[n+](C)c2)C2=Nc4c5cc(Oc6ccc[n+](C)c6)c(Oc6ccc[n+](C)c6)cc5c5n4[Si](O[Si](c4ccccc4)(c4ccccc4)C(C)(C)C)(O[Si](c4ccccc4)(c4ccccc4)C(C)(C)C)n4c(c6cc(Oc7ccc[n+](C)c7)c(Oc7ccc[n+](C)c7)cc6c4=NC4=NC(=N5)c5cc(Oc6ccc[n+](C)c6)c(Oc6ccc[n+](C)c6)cc54)=NC3=N2)c1. The van der Waals surface area contributed by atoms with Crippen molar-refractivity contribution in [3.63, 3.8) is 0 Å². The summed E-state index contributed by atoms with van der Waals surface area (Å²) in [6, 6.07) is 89.3. The third-order valence-corrected chi connectivity index (χ3v) is 40.8. The first-order valence-corrected chi connectivity index (χ1v) is 52.1. The van der Waals surface area contributed by atoms with Crippen LogP contribution < -0.4 is 106 Å². The number of benzene rings is 8. The lowest BCUT2D eigenvalue weighted by Gasteiger charge is -2.53. The van der Waals surface area contributed by atoms with E-state index >= 15 is 0 Å². The minimum absolute atomic E-state index is 0.203. The molecule has 0 atom stereocenters. The minimum Gasteiger partial charge on any atom is -0.447 e. The lowest BCUT2D eigenvalue weighted by atomic mass is 10.1. The van der Waals surface area contributed by atoms with Crippen LogP contribution in [-0.4, -0.2) is 57.3 Å². The van der Waals surface area contributed by atoms with E-state index in [0.717, 1.165) is 20.7 Å². The lowest BCUT2D eigenvalue weighted by Crippen LogP contribution is -2.81. The first-order valence-electron chi connectivity index (χ1n) is 46.5. The molecular formula is C112H102N16O10Si3+8. The number of fused-ring (bicyclic) bond motifs is 14. The zero-order valence-corrected chi connectivity index (χ0v) is 83.4. The molecule has 29 heteroatoms. The molecule has 0 radical (unpaired) electrons. The summed E-state index contributed by atoms with van der Waals surface area (Å²) < 4.78 is 99.1. The van der Waals surface area contributed by atoms with E-state index in [0.29, 0.717) is 136 Å². The number of hydrogen-bond donors (Lipinski definition) is 0. The highest BCUT2D eigenvalue weighted by molar-refractivity contribution is 7.07. The Morgan fingerprint density at radius 2 is 0.440 bits per heavy atom. The molecule has 0 saturated carbocycles. The van der Waals surface area contributed by atoms with Gasteiger partial charge in [0.25, 0.3) is 16.6 Å². The van der Waals surface area contributed by atoms with Gasteiger partial charge in [-0.15, -0.1) is 0 Å². The predicted molar refractivity (Wildman–Crippen MR) is 540 cm³/mol. The van der Waals surface area contributed by atoms with Gasteiger partial charge >= 0.3 is 8.88 Å². The predicted octanol–water partition coefficient (Wildman–Crippen LogP) is 15.5. The molecule has 4 aliphatic heterocycles. The summed E-state index contributed by atoms with van der Waals surface area (Å²) in [5, 5.41) is 3.70. The van der Waals surface area contributed by atoms with E-state index in [2.05, 4.69) is 171 Å². The van der Waals surface area contributed by atoms with Gasteiger partial charge in [0, 0.05) is 92.3 Å². The van der Waals surface area contributed by atoms with Crippen molar-refractivity contribution in [1.29, 1.82) is 0 Å². The fourth-order valence-corrected chi connectivity index (χ4v) is 37.4. The van der Waals surface area contributed by atoms with Gasteiger partial charge in [0.05, 0.1) is 0 Å². The van der Waals surface area contributed by atoms with E-state index in [1.54, 1.807) is 0 Å². The molecule has 22 rings (SSSR count). The Morgan fingerprint density at radius 3 is 0.652 bits per heavy atom. The van der Waals surface area contributed by atoms with Crippen molar-refractivity contribution in [3.8, 4) is 92.0 Å². The van der Waals surface area contributed by atoms with Gasteiger partial charge in [0.15, 0.2) is 165 Å². The Hall–Kier alpha value is -16.7. The van der Waals surface area contributed by atoms with Crippen LogP contribution in [0.4, 0.5) is 11.6 Å².